The molecule has 1 aromatic carbocycles. The Morgan fingerprint density at radius 3 is 2.67 bits per heavy atom. The van der Waals surface area contributed by atoms with Crippen molar-refractivity contribution in [1.29, 1.82) is 0 Å². The van der Waals surface area contributed by atoms with E-state index in [9.17, 15) is 9.00 Å². The van der Waals surface area contributed by atoms with Gasteiger partial charge < -0.3 is 21.1 Å². The molecular formula is C32H43ClFN5O3S. The normalized spacial score (nSPS) is 31.3. The number of anilines is 1. The number of nitrogens with two attached hydrogens (primary N) is 1. The van der Waals surface area contributed by atoms with Crippen LogP contribution in [0.5, 0.6) is 0 Å². The third-order valence-corrected chi connectivity index (χ3v) is 12.8. The van der Waals surface area contributed by atoms with Gasteiger partial charge in [-0.15, -0.1) is 0 Å². The van der Waals surface area contributed by atoms with E-state index >= 15 is 4.39 Å². The van der Waals surface area contributed by atoms with Gasteiger partial charge in [0.15, 0.2) is 0 Å². The first-order chi connectivity index (χ1) is 20.7. The van der Waals surface area contributed by atoms with Gasteiger partial charge in [0.05, 0.1) is 57.1 Å². The quantitative estimate of drug-likeness (QED) is 0.330. The first-order valence-electron chi connectivity index (χ1n) is 15.7. The first kappa shape index (κ1) is 30.9. The second kappa shape index (κ2) is 12.7. The second-order valence-electron chi connectivity index (χ2n) is 12.8. The molecule has 2 aromatic rings. The van der Waals surface area contributed by atoms with E-state index in [1.54, 1.807) is 0 Å². The lowest BCUT2D eigenvalue weighted by Gasteiger charge is -2.37. The summed E-state index contributed by atoms with van der Waals surface area (Å²) < 4.78 is 36.7. The Hall–Kier alpha value is -2.08. The Balaban J connectivity index is 1.16. The zero-order valence-electron chi connectivity index (χ0n) is 24.9. The maximum absolute atomic E-state index is 15.2. The number of benzene rings is 1. The molecule has 2 unspecified atom stereocenters. The molecule has 0 spiro atoms. The number of nitrogens with zero attached hydrogens (tertiary/aromatic N) is 2. The first-order valence-corrected chi connectivity index (χ1v) is 17.7. The van der Waals surface area contributed by atoms with E-state index in [1.807, 2.05) is 24.3 Å². The number of nitrogens with one attached hydrogen (secondary N) is 2. The molecule has 0 bridgehead atoms. The summed E-state index contributed by atoms with van der Waals surface area (Å²) in [4.78, 5) is 18.8. The Bertz CT molecular complexity index is 1460. The highest BCUT2D eigenvalue weighted by Crippen LogP contribution is 2.41. The van der Waals surface area contributed by atoms with Crippen molar-refractivity contribution in [2.45, 2.75) is 101 Å². The van der Waals surface area contributed by atoms with Crippen molar-refractivity contribution in [2.75, 3.05) is 17.6 Å². The molecule has 1 amide bonds. The zero-order chi connectivity index (χ0) is 30.3. The summed E-state index contributed by atoms with van der Waals surface area (Å²) in [5, 5.41) is 7.09. The number of carbonyl (C=O) groups excluding carboxylic acids is 1. The number of pyridine rings is 1. The topological polar surface area (TPSA) is 109 Å². The molecule has 2 fully saturated rings. The fraction of sp³-hybridized carbons (Fsp3) is 0.594. The van der Waals surface area contributed by atoms with Crippen LogP contribution in [0.3, 0.4) is 0 Å². The van der Waals surface area contributed by atoms with E-state index in [1.165, 1.54) is 12.4 Å². The van der Waals surface area contributed by atoms with Gasteiger partial charge in [-0.3, -0.25) is 14.0 Å². The van der Waals surface area contributed by atoms with Gasteiger partial charge in [-0.25, -0.2) is 4.39 Å². The number of hydrogen-bond donors (Lipinski definition) is 3. The van der Waals surface area contributed by atoms with Gasteiger partial charge in [0.2, 0.25) is 5.91 Å². The van der Waals surface area contributed by atoms with Gasteiger partial charge >= 0.3 is 0 Å². The van der Waals surface area contributed by atoms with Crippen molar-refractivity contribution in [3.63, 3.8) is 0 Å². The number of aromatic nitrogens is 1. The van der Waals surface area contributed by atoms with Crippen LogP contribution in [0.4, 0.5) is 10.1 Å². The van der Waals surface area contributed by atoms with E-state index in [4.69, 9.17) is 22.1 Å². The summed E-state index contributed by atoms with van der Waals surface area (Å²) in [6, 6.07) is 6.96. The average Bonchev–Trinajstić information content (AvgIpc) is 3.62. The van der Waals surface area contributed by atoms with Crippen LogP contribution in [0.2, 0.25) is 5.02 Å². The number of hydrogen-bond acceptors (Lipinski definition) is 6. The molecule has 1 saturated carbocycles. The van der Waals surface area contributed by atoms with Crippen LogP contribution in [-0.4, -0.2) is 67.0 Å². The van der Waals surface area contributed by atoms with Crippen molar-refractivity contribution in [3.8, 4) is 0 Å². The fourth-order valence-corrected chi connectivity index (χ4v) is 11.0. The van der Waals surface area contributed by atoms with E-state index in [2.05, 4.69) is 33.8 Å². The summed E-state index contributed by atoms with van der Waals surface area (Å²) in [5.41, 5.74) is 8.46. The Morgan fingerprint density at radius 2 is 1.95 bits per heavy atom. The summed E-state index contributed by atoms with van der Waals surface area (Å²) in [6.45, 7) is 4.82. The van der Waals surface area contributed by atoms with Crippen LogP contribution >= 0.6 is 11.6 Å². The number of rotatable bonds is 10. The van der Waals surface area contributed by atoms with Crippen molar-refractivity contribution < 1.29 is 18.1 Å². The monoisotopic (exact) mass is 631 g/mol. The Morgan fingerprint density at radius 1 is 1.21 bits per heavy atom. The summed E-state index contributed by atoms with van der Waals surface area (Å²) >= 11 is 6.19. The maximum Gasteiger partial charge on any atom is 0.241 e. The van der Waals surface area contributed by atoms with Crippen LogP contribution in [0.25, 0.3) is 0 Å². The Labute approximate surface area is 259 Å². The molecule has 1 aromatic heterocycles. The lowest BCUT2D eigenvalue weighted by atomic mass is 9.72. The van der Waals surface area contributed by atoms with Gasteiger partial charge in [0, 0.05) is 34.8 Å². The summed E-state index contributed by atoms with van der Waals surface area (Å²) in [6.07, 6.45) is 9.67. The maximum atomic E-state index is 15.2. The van der Waals surface area contributed by atoms with Crippen LogP contribution in [0.1, 0.15) is 75.8 Å². The minimum absolute atomic E-state index is 0.0410. The molecule has 1 aliphatic carbocycles. The highest BCUT2D eigenvalue weighted by molar-refractivity contribution is 8.08. The molecule has 234 valence electrons. The molecular weight excluding hydrogens is 589 g/mol. The van der Waals surface area contributed by atoms with Gasteiger partial charge in [-0.2, -0.15) is 4.31 Å². The SMILES string of the molecule is CC(C)OC1CCC([C@H](c2ccc(Cl)cc2)[C@H](N)C(=O)Nc2cncc(F)c2CC[C@H]2CN[C@@H]3CCCS4(=O)=C3N24)CC1. The molecule has 8 nitrogen and oxygen atoms in total. The molecule has 6 atom stereocenters. The molecule has 4 aliphatic rings. The fourth-order valence-electron chi connectivity index (χ4n) is 7.56. The Kier molecular flexibility index (Phi) is 9.16. The lowest BCUT2D eigenvalue weighted by molar-refractivity contribution is -0.118. The lowest BCUT2D eigenvalue weighted by Crippen LogP contribution is -2.50. The van der Waals surface area contributed by atoms with Crippen molar-refractivity contribution in [2.24, 2.45) is 11.7 Å². The molecule has 6 rings (SSSR count). The highest BCUT2D eigenvalue weighted by Gasteiger charge is 2.54. The number of piperazine rings is 1. The molecule has 11 heteroatoms. The number of fused-ring (bicyclic) bond motifs is 1. The smallest absolute Gasteiger partial charge is 0.241 e. The van der Waals surface area contributed by atoms with Crippen molar-refractivity contribution in [3.05, 3.63) is 58.6 Å². The standard InChI is InChI=1S/C32H43ClFN5O3S/c1-19(2)42-24-12-7-21(8-13-24)29(20-5-9-22(33)10-6-20)30(35)31(40)38-28-18-36-17-26(34)25(28)14-11-23-16-37-27-4-3-15-43(41)32(27)39(23)43/h5-6,9-10,17-19,21,23-24,27,29-30,37H,3-4,7-8,11-16,35H2,1-2H3,(H,38,40)/t21?,23-,24?,27+,29-,30-,39?,43?/m0/s1. The summed E-state index contributed by atoms with van der Waals surface area (Å²) in [5.74, 6) is -0.154. The number of carbonyl (C=O) groups is 1. The second-order valence-corrected chi connectivity index (χ2v) is 15.7. The van der Waals surface area contributed by atoms with Gasteiger partial charge in [-0.05, 0) is 88.8 Å². The number of ether oxygens (including phenoxy) is 1. The van der Waals surface area contributed by atoms with E-state index < -0.39 is 21.6 Å². The molecule has 43 heavy (non-hydrogen) atoms. The van der Waals surface area contributed by atoms with E-state index in [0.29, 0.717) is 29.1 Å². The van der Waals surface area contributed by atoms with Crippen LogP contribution < -0.4 is 16.4 Å². The van der Waals surface area contributed by atoms with Gasteiger partial charge in [-0.1, -0.05) is 23.7 Å². The zero-order valence-corrected chi connectivity index (χ0v) is 26.5. The molecule has 0 radical (unpaired) electrons. The van der Waals surface area contributed by atoms with Crippen LogP contribution in [0, 0.1) is 11.7 Å². The number of amides is 1. The third-order valence-electron chi connectivity index (χ3n) is 9.60. The third kappa shape index (κ3) is 6.37. The van der Waals surface area contributed by atoms with E-state index in [-0.39, 0.29) is 42.0 Å². The average molecular weight is 632 g/mol. The predicted molar refractivity (Wildman–Crippen MR) is 170 cm³/mol. The van der Waals surface area contributed by atoms with Crippen LogP contribution in [0.15, 0.2) is 36.7 Å². The van der Waals surface area contributed by atoms with E-state index in [0.717, 1.165) is 61.4 Å². The van der Waals surface area contributed by atoms with Gasteiger partial charge in [0.25, 0.3) is 0 Å². The molecule has 1 saturated heterocycles. The molecule has 4 N–H and O–H groups in total. The van der Waals surface area contributed by atoms with Crippen LogP contribution in [-0.2, 0) is 25.7 Å². The van der Waals surface area contributed by atoms with Crippen molar-refractivity contribution >= 4 is 37.9 Å². The predicted octanol–water partition coefficient (Wildman–Crippen LogP) is 4.62. The minimum atomic E-state index is -2.03. The summed E-state index contributed by atoms with van der Waals surface area (Å²) in [7, 11) is -2.03. The minimum Gasteiger partial charge on any atom is -0.376 e. The highest BCUT2D eigenvalue weighted by atomic mass is 35.5. The molecule has 3 aliphatic heterocycles. The van der Waals surface area contributed by atoms with Gasteiger partial charge in [0.1, 0.15) is 5.82 Å². The molecule has 4 heterocycles. The largest absolute Gasteiger partial charge is 0.376 e. The van der Waals surface area contributed by atoms with Crippen molar-refractivity contribution in [1.82, 2.24) is 14.6 Å². The number of halogens is 2.